The molecule has 0 unspecified atom stereocenters. The molecule has 434 valence electrons. The first-order chi connectivity index (χ1) is 39.4. The zero-order valence-corrected chi connectivity index (χ0v) is 48.3. The number of halogens is 1. The molecule has 82 heavy (non-hydrogen) atoms. The minimum atomic E-state index is -0.881. The number of rotatable bonds is 19. The molecule has 0 radical (unpaired) electrons. The Balaban J connectivity index is 0.757. The van der Waals surface area contributed by atoms with Gasteiger partial charge in [-0.3, -0.25) is 28.7 Å². The number of likely N-dealkylation sites (N-methyl/N-ethyl adjacent to an activating group) is 1. The number of nitriles is 1. The van der Waals surface area contributed by atoms with Crippen LogP contribution in [0.25, 0.3) is 11.1 Å². The van der Waals surface area contributed by atoms with Crippen molar-refractivity contribution < 1.29 is 33.1 Å². The van der Waals surface area contributed by atoms with E-state index in [1.54, 1.807) is 41.7 Å². The van der Waals surface area contributed by atoms with Gasteiger partial charge in [-0.05, 0) is 129 Å². The highest BCUT2D eigenvalue weighted by atomic mass is 19.1. The van der Waals surface area contributed by atoms with E-state index in [1.807, 2.05) is 57.2 Å². The van der Waals surface area contributed by atoms with Crippen LogP contribution in [0.15, 0.2) is 72.9 Å². The van der Waals surface area contributed by atoms with E-state index in [1.165, 1.54) is 23.8 Å². The minimum Gasteiger partial charge on any atom is -0.494 e. The molecule has 5 heterocycles. The van der Waals surface area contributed by atoms with Crippen molar-refractivity contribution >= 4 is 41.0 Å². The van der Waals surface area contributed by atoms with E-state index in [2.05, 4.69) is 54.5 Å². The summed E-state index contributed by atoms with van der Waals surface area (Å²) in [7, 11) is 3.37. The van der Waals surface area contributed by atoms with Crippen LogP contribution in [0.3, 0.4) is 0 Å². The molecule has 19 heteroatoms. The van der Waals surface area contributed by atoms with Crippen LogP contribution in [0, 0.1) is 22.6 Å². The van der Waals surface area contributed by atoms with E-state index < -0.39 is 29.4 Å². The fourth-order valence-electron chi connectivity index (χ4n) is 12.1. The van der Waals surface area contributed by atoms with Crippen LogP contribution >= 0.6 is 0 Å². The summed E-state index contributed by atoms with van der Waals surface area (Å²) in [6.07, 6.45) is 11.9. The van der Waals surface area contributed by atoms with Gasteiger partial charge in [-0.2, -0.15) is 10.4 Å². The SMILES string of the molecule is CN[C@@H](C)C(=O)N[C@H](C(=O)N1Cc2cc(OCCCCCCCCC(=O)NCCn3nc(C#N)c4c3CN(C)C(=O)c3ccc(F)cc3[C@H]3CCCN3c3cc-4cnc3N)ccc2C[C@H]1C(=O)N[C@@H]1CCCc2ccccc21)C(C)(C)C. The van der Waals surface area contributed by atoms with Gasteiger partial charge in [0.2, 0.25) is 23.6 Å². The first-order valence-electron chi connectivity index (χ1n) is 29.2. The largest absolute Gasteiger partial charge is 0.494 e. The number of amides is 5. The van der Waals surface area contributed by atoms with Crippen LogP contribution in [0.2, 0.25) is 0 Å². The number of aromatic nitrogens is 3. The highest BCUT2D eigenvalue weighted by molar-refractivity contribution is 5.97. The summed E-state index contributed by atoms with van der Waals surface area (Å²) in [5.41, 5.74) is 13.6. The van der Waals surface area contributed by atoms with Gasteiger partial charge in [-0.25, -0.2) is 9.37 Å². The number of carbonyl (C=O) groups is 5. The number of nitrogens with two attached hydrogens (primary N) is 1. The number of anilines is 2. The maximum atomic E-state index is 14.8. The first-order valence-corrected chi connectivity index (χ1v) is 29.2. The normalized spacial score (nSPS) is 18.2. The Morgan fingerprint density at radius 1 is 0.927 bits per heavy atom. The third-order valence-electron chi connectivity index (χ3n) is 16.8. The average molecular weight is 1120 g/mol. The van der Waals surface area contributed by atoms with Gasteiger partial charge >= 0.3 is 0 Å². The number of carbonyl (C=O) groups excluding carboxylic acids is 5. The summed E-state index contributed by atoms with van der Waals surface area (Å²) < 4.78 is 22.8. The number of hydrogen-bond donors (Lipinski definition) is 5. The number of aryl methyl sites for hydroxylation is 1. The zero-order chi connectivity index (χ0) is 58.2. The molecule has 5 amide bonds. The van der Waals surface area contributed by atoms with E-state index >= 15 is 0 Å². The maximum Gasteiger partial charge on any atom is 0.254 e. The molecule has 18 nitrogen and oxygen atoms in total. The predicted octanol–water partition coefficient (Wildman–Crippen LogP) is 7.98. The Labute approximate surface area is 480 Å². The molecule has 1 fully saturated rings. The second-order valence-electron chi connectivity index (χ2n) is 23.5. The lowest BCUT2D eigenvalue weighted by Gasteiger charge is -2.41. The zero-order valence-electron chi connectivity index (χ0n) is 48.3. The van der Waals surface area contributed by atoms with Crippen LogP contribution in [-0.2, 0) is 51.7 Å². The standard InChI is InChI=1S/C63H79FN12O6/c1-39(67-5)59(78)71-57(63(2,3)4)62(81)75-37-43-31-45(25-23-41(43)32-53(75)60(79)70-49-20-15-18-40-17-12-13-19-46(40)49)82-30-14-10-8-7-9-11-22-55(77)68-27-29-76-54-38-73(6)61(80)47-26-24-44(64)34-48(47)51-21-16-28-74(51)52-33-42(36-69-58(52)66)56(54)50(35-65)72-76/h12-13,17,19,23-26,31,33-34,36,39,49,51,53,57,67H,7-11,14-16,18,20-22,27-30,32,37-38H2,1-6H3,(H2,66,69)(H,68,77)(H,70,79)(H,71,78)/t39-,49+,51+,53-,57+/m0/s1. The number of hydrogen-bond acceptors (Lipinski definition) is 12. The van der Waals surface area contributed by atoms with E-state index in [0.717, 1.165) is 80.9 Å². The van der Waals surface area contributed by atoms with Crippen molar-refractivity contribution in [2.45, 2.75) is 161 Å². The van der Waals surface area contributed by atoms with Crippen molar-refractivity contribution in [3.05, 3.63) is 124 Å². The van der Waals surface area contributed by atoms with Crippen molar-refractivity contribution in [3.8, 4) is 22.9 Å². The van der Waals surface area contributed by atoms with Crippen LogP contribution in [-0.4, -0.2) is 106 Å². The topological polar surface area (TPSA) is 233 Å². The maximum absolute atomic E-state index is 14.8. The lowest BCUT2D eigenvalue weighted by atomic mass is 9.83. The van der Waals surface area contributed by atoms with Crippen molar-refractivity contribution in [1.82, 2.24) is 45.8 Å². The molecule has 9 rings (SSSR count). The van der Waals surface area contributed by atoms with Crippen molar-refractivity contribution in [2.75, 3.05) is 44.4 Å². The molecule has 0 spiro atoms. The summed E-state index contributed by atoms with van der Waals surface area (Å²) in [5.74, 6) is -0.645. The smallest absolute Gasteiger partial charge is 0.254 e. The number of fused-ring (bicyclic) bond motifs is 10. The summed E-state index contributed by atoms with van der Waals surface area (Å²) >= 11 is 0. The van der Waals surface area contributed by atoms with E-state index in [0.29, 0.717) is 77.6 Å². The molecular formula is C63H79FN12O6. The minimum absolute atomic E-state index is 0.0867. The van der Waals surface area contributed by atoms with Gasteiger partial charge < -0.3 is 46.4 Å². The van der Waals surface area contributed by atoms with Gasteiger partial charge in [-0.1, -0.05) is 76.8 Å². The molecule has 2 aromatic heterocycles. The second-order valence-corrected chi connectivity index (χ2v) is 23.5. The Morgan fingerprint density at radius 2 is 1.71 bits per heavy atom. The number of nitrogens with zero attached hydrogens (tertiary/aromatic N) is 7. The molecule has 5 atom stereocenters. The van der Waals surface area contributed by atoms with Crippen molar-refractivity contribution in [1.29, 1.82) is 5.26 Å². The number of unbranched alkanes of at least 4 members (excludes halogenated alkanes) is 5. The van der Waals surface area contributed by atoms with Crippen molar-refractivity contribution in [2.24, 2.45) is 5.41 Å². The van der Waals surface area contributed by atoms with Crippen LogP contribution in [0.5, 0.6) is 5.75 Å². The fraction of sp³-hybridized carbons (Fsp3) is 0.492. The average Bonchev–Trinajstić information content (AvgIpc) is 3.66. The molecule has 3 aromatic carbocycles. The van der Waals surface area contributed by atoms with Crippen LogP contribution in [0.4, 0.5) is 15.9 Å². The van der Waals surface area contributed by atoms with Gasteiger partial charge in [-0.15, -0.1) is 0 Å². The fourth-order valence-corrected chi connectivity index (χ4v) is 12.1. The second kappa shape index (κ2) is 25.9. The lowest BCUT2D eigenvalue weighted by molar-refractivity contribution is -0.147. The molecule has 6 N–H and O–H groups in total. The molecular weight excluding hydrogens is 1040 g/mol. The molecule has 3 aliphatic heterocycles. The van der Waals surface area contributed by atoms with E-state index in [4.69, 9.17) is 10.5 Å². The third kappa shape index (κ3) is 13.2. The highest BCUT2D eigenvalue weighted by Gasteiger charge is 2.43. The van der Waals surface area contributed by atoms with Gasteiger partial charge in [0.25, 0.3) is 5.91 Å². The third-order valence-corrected chi connectivity index (χ3v) is 16.8. The molecule has 1 aliphatic carbocycles. The van der Waals surface area contributed by atoms with E-state index in [-0.39, 0.29) is 73.5 Å². The Morgan fingerprint density at radius 3 is 2.49 bits per heavy atom. The van der Waals surface area contributed by atoms with Crippen LogP contribution < -0.4 is 36.6 Å². The van der Waals surface area contributed by atoms with Crippen molar-refractivity contribution in [3.63, 3.8) is 0 Å². The Hall–Kier alpha value is -7.85. The summed E-state index contributed by atoms with van der Waals surface area (Å²) in [5, 5.41) is 27.3. The van der Waals surface area contributed by atoms with Gasteiger partial charge in [0.1, 0.15) is 35.5 Å². The number of pyridine rings is 1. The monoisotopic (exact) mass is 1120 g/mol. The van der Waals surface area contributed by atoms with Gasteiger partial charge in [0.05, 0.1) is 49.2 Å². The van der Waals surface area contributed by atoms with E-state index in [9.17, 15) is 33.6 Å². The molecule has 2 bridgehead atoms. The number of benzene rings is 3. The summed E-state index contributed by atoms with van der Waals surface area (Å²) in [6, 6.07) is 19.9. The number of nitrogen functional groups attached to an aromatic ring is 1. The molecule has 4 aliphatic rings. The molecule has 0 saturated carbocycles. The summed E-state index contributed by atoms with van der Waals surface area (Å²) in [6.45, 7) is 9.41. The molecule has 1 saturated heterocycles. The lowest BCUT2D eigenvalue weighted by Crippen LogP contribution is -2.62. The van der Waals surface area contributed by atoms with Gasteiger partial charge in [0.15, 0.2) is 5.69 Å². The Bertz CT molecular complexity index is 3220. The number of ether oxygens (including phenoxy) is 1. The highest BCUT2D eigenvalue weighted by Crippen LogP contribution is 2.43. The van der Waals surface area contributed by atoms with Crippen LogP contribution in [0.1, 0.15) is 160 Å². The number of nitrogens with one attached hydrogen (secondary N) is 4. The first kappa shape index (κ1) is 58.8. The molecule has 5 aromatic rings. The summed E-state index contributed by atoms with van der Waals surface area (Å²) in [4.78, 5) is 79.5. The predicted molar refractivity (Wildman–Crippen MR) is 312 cm³/mol. The van der Waals surface area contributed by atoms with Gasteiger partial charge in [0, 0.05) is 62.4 Å². The quantitative estimate of drug-likeness (QED) is 0.0496. The Kier molecular flexibility index (Phi) is 18.6.